The van der Waals surface area contributed by atoms with E-state index < -0.39 is 10.0 Å². The Bertz CT molecular complexity index is 768. The Balaban J connectivity index is 2.03. The molecular weight excluding hydrogens is 300 g/mol. The summed E-state index contributed by atoms with van der Waals surface area (Å²) in [5, 5.41) is 2.81. The standard InChI is InChI=1S/C16H18N2O3S/c1-12-6-8-13(9-7-12)11-17-16(19)14-4-3-5-15(10-14)18-22(2,20)21/h3-10,18H,11H2,1-2H3,(H,17,19). The SMILES string of the molecule is Cc1ccc(CNC(=O)c2cccc(NS(C)(=O)=O)c2)cc1. The van der Waals surface area contributed by atoms with Gasteiger partial charge in [0.1, 0.15) is 0 Å². The second kappa shape index (κ2) is 6.62. The molecule has 0 heterocycles. The average molecular weight is 318 g/mol. The van der Waals surface area contributed by atoms with Crippen LogP contribution in [0.5, 0.6) is 0 Å². The van der Waals surface area contributed by atoms with Crippen LogP contribution in [-0.4, -0.2) is 20.6 Å². The van der Waals surface area contributed by atoms with Gasteiger partial charge in [-0.15, -0.1) is 0 Å². The summed E-state index contributed by atoms with van der Waals surface area (Å²) in [6.07, 6.45) is 1.07. The molecule has 0 saturated heterocycles. The van der Waals surface area contributed by atoms with Gasteiger partial charge in [-0.2, -0.15) is 0 Å². The number of benzene rings is 2. The lowest BCUT2D eigenvalue weighted by Crippen LogP contribution is -2.23. The molecule has 0 aliphatic carbocycles. The fraction of sp³-hybridized carbons (Fsp3) is 0.188. The maximum atomic E-state index is 12.1. The highest BCUT2D eigenvalue weighted by Gasteiger charge is 2.08. The van der Waals surface area contributed by atoms with E-state index in [2.05, 4.69) is 10.0 Å². The minimum atomic E-state index is -3.36. The Kier molecular flexibility index (Phi) is 4.82. The molecule has 2 N–H and O–H groups in total. The Hall–Kier alpha value is -2.34. The van der Waals surface area contributed by atoms with Gasteiger partial charge >= 0.3 is 0 Å². The first-order valence-electron chi connectivity index (χ1n) is 6.75. The van der Waals surface area contributed by atoms with E-state index >= 15 is 0 Å². The number of anilines is 1. The predicted octanol–water partition coefficient (Wildman–Crippen LogP) is 2.30. The molecule has 0 aliphatic heterocycles. The van der Waals surface area contributed by atoms with Crippen molar-refractivity contribution in [3.05, 3.63) is 65.2 Å². The largest absolute Gasteiger partial charge is 0.348 e. The molecule has 116 valence electrons. The van der Waals surface area contributed by atoms with Crippen molar-refractivity contribution < 1.29 is 13.2 Å². The summed E-state index contributed by atoms with van der Waals surface area (Å²) in [7, 11) is -3.36. The minimum Gasteiger partial charge on any atom is -0.348 e. The Morgan fingerprint density at radius 1 is 1.09 bits per heavy atom. The molecule has 1 amide bonds. The molecule has 2 aromatic rings. The molecule has 0 atom stereocenters. The third kappa shape index (κ3) is 4.89. The van der Waals surface area contributed by atoms with E-state index in [-0.39, 0.29) is 5.91 Å². The first kappa shape index (κ1) is 16.0. The fourth-order valence-corrected chi connectivity index (χ4v) is 2.48. The van der Waals surface area contributed by atoms with E-state index in [1.807, 2.05) is 31.2 Å². The predicted molar refractivity (Wildman–Crippen MR) is 87.3 cm³/mol. The maximum Gasteiger partial charge on any atom is 0.251 e. The Morgan fingerprint density at radius 3 is 2.41 bits per heavy atom. The van der Waals surface area contributed by atoms with E-state index in [1.165, 1.54) is 6.07 Å². The highest BCUT2D eigenvalue weighted by Crippen LogP contribution is 2.12. The molecule has 2 aromatic carbocycles. The molecule has 22 heavy (non-hydrogen) atoms. The van der Waals surface area contributed by atoms with Crippen LogP contribution in [0.15, 0.2) is 48.5 Å². The van der Waals surface area contributed by atoms with Crippen LogP contribution < -0.4 is 10.0 Å². The first-order chi connectivity index (χ1) is 10.3. The molecule has 0 fully saturated rings. The Labute approximate surface area is 130 Å². The van der Waals surface area contributed by atoms with Gasteiger partial charge in [-0.05, 0) is 30.7 Å². The monoisotopic (exact) mass is 318 g/mol. The van der Waals surface area contributed by atoms with Crippen LogP contribution >= 0.6 is 0 Å². The molecule has 0 saturated carbocycles. The van der Waals surface area contributed by atoms with Gasteiger partial charge in [0.25, 0.3) is 5.91 Å². The van der Waals surface area contributed by atoms with Crippen LogP contribution in [0.4, 0.5) is 5.69 Å². The van der Waals surface area contributed by atoms with Crippen molar-refractivity contribution in [3.8, 4) is 0 Å². The van der Waals surface area contributed by atoms with Crippen molar-refractivity contribution in [2.24, 2.45) is 0 Å². The van der Waals surface area contributed by atoms with Gasteiger partial charge in [0, 0.05) is 17.8 Å². The van der Waals surface area contributed by atoms with Crippen LogP contribution in [0, 0.1) is 6.92 Å². The zero-order valence-corrected chi connectivity index (χ0v) is 13.3. The molecule has 0 bridgehead atoms. The molecule has 6 heteroatoms. The second-order valence-corrected chi connectivity index (χ2v) is 6.87. The third-order valence-corrected chi connectivity index (χ3v) is 3.61. The molecule has 0 aromatic heterocycles. The van der Waals surface area contributed by atoms with Gasteiger partial charge in [-0.3, -0.25) is 9.52 Å². The lowest BCUT2D eigenvalue weighted by atomic mass is 10.1. The van der Waals surface area contributed by atoms with Gasteiger partial charge in [-0.25, -0.2) is 8.42 Å². The van der Waals surface area contributed by atoms with Crippen molar-refractivity contribution >= 4 is 21.6 Å². The van der Waals surface area contributed by atoms with Crippen LogP contribution in [0.1, 0.15) is 21.5 Å². The van der Waals surface area contributed by atoms with Crippen molar-refractivity contribution in [1.29, 1.82) is 0 Å². The molecule has 0 radical (unpaired) electrons. The average Bonchev–Trinajstić information content (AvgIpc) is 2.45. The molecule has 0 unspecified atom stereocenters. The quantitative estimate of drug-likeness (QED) is 0.888. The smallest absolute Gasteiger partial charge is 0.251 e. The van der Waals surface area contributed by atoms with Crippen molar-refractivity contribution in [2.45, 2.75) is 13.5 Å². The van der Waals surface area contributed by atoms with Crippen molar-refractivity contribution in [3.63, 3.8) is 0 Å². The van der Waals surface area contributed by atoms with Gasteiger partial charge in [0.05, 0.1) is 6.26 Å². The zero-order chi connectivity index (χ0) is 16.2. The first-order valence-corrected chi connectivity index (χ1v) is 8.64. The van der Waals surface area contributed by atoms with Crippen LogP contribution in [-0.2, 0) is 16.6 Å². The number of rotatable bonds is 5. The number of hydrogen-bond acceptors (Lipinski definition) is 3. The zero-order valence-electron chi connectivity index (χ0n) is 12.5. The molecule has 2 rings (SSSR count). The van der Waals surface area contributed by atoms with Gasteiger partial charge in [0.2, 0.25) is 10.0 Å². The normalized spacial score (nSPS) is 11.0. The Morgan fingerprint density at radius 2 is 1.77 bits per heavy atom. The summed E-state index contributed by atoms with van der Waals surface area (Å²) in [6.45, 7) is 2.42. The number of carbonyl (C=O) groups excluding carboxylic acids is 1. The summed E-state index contributed by atoms with van der Waals surface area (Å²) in [5.74, 6) is -0.252. The summed E-state index contributed by atoms with van der Waals surface area (Å²) in [5.41, 5.74) is 2.94. The number of amides is 1. The van der Waals surface area contributed by atoms with E-state index in [9.17, 15) is 13.2 Å². The molecular formula is C16H18N2O3S. The van der Waals surface area contributed by atoms with E-state index in [4.69, 9.17) is 0 Å². The summed E-state index contributed by atoms with van der Waals surface area (Å²) < 4.78 is 24.8. The minimum absolute atomic E-state index is 0.252. The fourth-order valence-electron chi connectivity index (χ4n) is 1.93. The molecule has 0 aliphatic rings. The van der Waals surface area contributed by atoms with E-state index in [0.717, 1.165) is 17.4 Å². The van der Waals surface area contributed by atoms with Gasteiger partial charge in [-0.1, -0.05) is 35.9 Å². The van der Waals surface area contributed by atoms with Crippen LogP contribution in [0.3, 0.4) is 0 Å². The van der Waals surface area contributed by atoms with Crippen molar-refractivity contribution in [2.75, 3.05) is 11.0 Å². The highest BCUT2D eigenvalue weighted by atomic mass is 32.2. The highest BCUT2D eigenvalue weighted by molar-refractivity contribution is 7.92. The van der Waals surface area contributed by atoms with Crippen LogP contribution in [0.2, 0.25) is 0 Å². The topological polar surface area (TPSA) is 75.3 Å². The molecule has 5 nitrogen and oxygen atoms in total. The van der Waals surface area contributed by atoms with E-state index in [1.54, 1.807) is 18.2 Å². The number of nitrogens with one attached hydrogen (secondary N) is 2. The lowest BCUT2D eigenvalue weighted by Gasteiger charge is -2.08. The maximum absolute atomic E-state index is 12.1. The summed E-state index contributed by atoms with van der Waals surface area (Å²) in [6, 6.07) is 14.3. The number of carbonyl (C=O) groups is 1. The lowest BCUT2D eigenvalue weighted by molar-refractivity contribution is 0.0951. The second-order valence-electron chi connectivity index (χ2n) is 5.12. The van der Waals surface area contributed by atoms with Gasteiger partial charge < -0.3 is 5.32 Å². The summed E-state index contributed by atoms with van der Waals surface area (Å²) >= 11 is 0. The number of hydrogen-bond donors (Lipinski definition) is 2. The molecule has 0 spiro atoms. The van der Waals surface area contributed by atoms with Crippen LogP contribution in [0.25, 0.3) is 0 Å². The third-order valence-electron chi connectivity index (χ3n) is 3.00. The number of aryl methyl sites for hydroxylation is 1. The number of sulfonamides is 1. The van der Waals surface area contributed by atoms with Crippen molar-refractivity contribution in [1.82, 2.24) is 5.32 Å². The van der Waals surface area contributed by atoms with Gasteiger partial charge in [0.15, 0.2) is 0 Å². The van der Waals surface area contributed by atoms with E-state index in [0.29, 0.717) is 17.8 Å². The summed E-state index contributed by atoms with van der Waals surface area (Å²) in [4.78, 5) is 12.1.